The first-order chi connectivity index (χ1) is 13.2. The number of furan rings is 1. The number of rotatable bonds is 4. The van der Waals surface area contributed by atoms with Crippen molar-refractivity contribution in [1.29, 1.82) is 0 Å². The largest absolute Gasteiger partial charge is 0.496 e. The van der Waals surface area contributed by atoms with Crippen LogP contribution in [0.4, 0.5) is 0 Å². The number of nitrogens with one attached hydrogen (secondary N) is 2. The third-order valence-corrected chi connectivity index (χ3v) is 4.84. The zero-order valence-electron chi connectivity index (χ0n) is 16.5. The minimum atomic E-state index is -0.592. The van der Waals surface area contributed by atoms with Crippen molar-refractivity contribution in [3.63, 3.8) is 0 Å². The standard InChI is InChI=1S/C21H24N2O5/c1-12-18-14(24)10-21(2,3)11-16(18)28-19(12)20(26)23-22-17(25)9-13-7-5-6-8-15(13)27-4/h5-8H,9-11H2,1-4H3,(H,22,25)(H,23,26). The third kappa shape index (κ3) is 3.93. The summed E-state index contributed by atoms with van der Waals surface area (Å²) in [6.07, 6.45) is 1.05. The Morgan fingerprint density at radius 3 is 2.61 bits per heavy atom. The van der Waals surface area contributed by atoms with Crippen LogP contribution in [0.15, 0.2) is 28.7 Å². The Kier molecular flexibility index (Phi) is 5.27. The number of para-hydroxylation sites is 1. The van der Waals surface area contributed by atoms with Gasteiger partial charge in [0, 0.05) is 24.0 Å². The normalized spacial score (nSPS) is 14.9. The second-order valence-corrected chi connectivity index (χ2v) is 7.79. The molecule has 1 aromatic heterocycles. The molecule has 0 unspecified atom stereocenters. The first-order valence-electron chi connectivity index (χ1n) is 9.08. The van der Waals surface area contributed by atoms with Gasteiger partial charge in [0.05, 0.1) is 19.1 Å². The Morgan fingerprint density at radius 2 is 1.89 bits per heavy atom. The lowest BCUT2D eigenvalue weighted by molar-refractivity contribution is -0.121. The van der Waals surface area contributed by atoms with Crippen LogP contribution in [0.25, 0.3) is 0 Å². The van der Waals surface area contributed by atoms with E-state index in [0.29, 0.717) is 41.0 Å². The van der Waals surface area contributed by atoms with Gasteiger partial charge in [0.25, 0.3) is 0 Å². The average molecular weight is 384 g/mol. The maximum Gasteiger partial charge on any atom is 0.305 e. The van der Waals surface area contributed by atoms with Gasteiger partial charge < -0.3 is 9.15 Å². The van der Waals surface area contributed by atoms with Gasteiger partial charge in [0.1, 0.15) is 11.5 Å². The molecule has 1 aliphatic rings. The number of methoxy groups -OCH3 is 1. The topological polar surface area (TPSA) is 97.6 Å². The second-order valence-electron chi connectivity index (χ2n) is 7.79. The Hall–Kier alpha value is -3.09. The van der Waals surface area contributed by atoms with Crippen LogP contribution in [0.5, 0.6) is 5.75 Å². The molecule has 3 rings (SSSR count). The van der Waals surface area contributed by atoms with Gasteiger partial charge in [-0.25, -0.2) is 0 Å². The summed E-state index contributed by atoms with van der Waals surface area (Å²) in [5, 5.41) is 0. The summed E-state index contributed by atoms with van der Waals surface area (Å²) >= 11 is 0. The van der Waals surface area contributed by atoms with Crippen LogP contribution in [0, 0.1) is 12.3 Å². The molecule has 0 aliphatic heterocycles. The van der Waals surface area contributed by atoms with Crippen molar-refractivity contribution >= 4 is 17.6 Å². The number of hydrogen-bond donors (Lipinski definition) is 2. The molecule has 0 fully saturated rings. The minimum absolute atomic E-state index is 0.0215. The lowest BCUT2D eigenvalue weighted by Crippen LogP contribution is -2.42. The van der Waals surface area contributed by atoms with E-state index in [1.54, 1.807) is 25.1 Å². The first kappa shape index (κ1) is 19.7. The third-order valence-electron chi connectivity index (χ3n) is 4.84. The van der Waals surface area contributed by atoms with Crippen LogP contribution < -0.4 is 15.6 Å². The average Bonchev–Trinajstić information content (AvgIpc) is 2.95. The molecule has 0 bridgehead atoms. The number of benzene rings is 1. The molecule has 2 amide bonds. The smallest absolute Gasteiger partial charge is 0.305 e. The van der Waals surface area contributed by atoms with Gasteiger partial charge in [-0.15, -0.1) is 0 Å². The van der Waals surface area contributed by atoms with Crippen molar-refractivity contribution < 1.29 is 23.5 Å². The van der Waals surface area contributed by atoms with E-state index in [1.807, 2.05) is 19.9 Å². The summed E-state index contributed by atoms with van der Waals surface area (Å²) in [5.74, 6) is 0.166. The molecule has 148 valence electrons. The highest BCUT2D eigenvalue weighted by Gasteiger charge is 2.37. The number of carbonyl (C=O) groups excluding carboxylic acids is 3. The maximum absolute atomic E-state index is 12.5. The van der Waals surface area contributed by atoms with Crippen molar-refractivity contribution in [2.24, 2.45) is 5.41 Å². The van der Waals surface area contributed by atoms with Crippen LogP contribution in [0.3, 0.4) is 0 Å². The van der Waals surface area contributed by atoms with Gasteiger partial charge in [-0.3, -0.25) is 25.2 Å². The maximum atomic E-state index is 12.5. The minimum Gasteiger partial charge on any atom is -0.496 e. The molecular formula is C21H24N2O5. The molecule has 0 spiro atoms. The van der Waals surface area contributed by atoms with Gasteiger partial charge >= 0.3 is 5.91 Å². The number of ether oxygens (including phenoxy) is 1. The van der Waals surface area contributed by atoms with Crippen molar-refractivity contribution in [2.45, 2.75) is 40.0 Å². The Labute approximate surface area is 163 Å². The van der Waals surface area contributed by atoms with Crippen LogP contribution in [0.2, 0.25) is 0 Å². The summed E-state index contributed by atoms with van der Waals surface area (Å²) in [4.78, 5) is 37.1. The molecule has 7 nitrogen and oxygen atoms in total. The molecule has 28 heavy (non-hydrogen) atoms. The van der Waals surface area contributed by atoms with Crippen molar-refractivity contribution in [2.75, 3.05) is 7.11 Å². The fourth-order valence-electron chi connectivity index (χ4n) is 3.55. The number of hydrazine groups is 1. The SMILES string of the molecule is COc1ccccc1CC(=O)NNC(=O)c1oc2c(c1C)C(=O)CC(C)(C)C2. The van der Waals surface area contributed by atoms with E-state index in [1.165, 1.54) is 7.11 Å². The van der Waals surface area contributed by atoms with Crippen LogP contribution in [-0.2, 0) is 17.6 Å². The molecule has 2 aromatic rings. The Balaban J connectivity index is 1.67. The fourth-order valence-corrected chi connectivity index (χ4v) is 3.55. The van der Waals surface area contributed by atoms with E-state index in [4.69, 9.17) is 9.15 Å². The van der Waals surface area contributed by atoms with Crippen LogP contribution in [-0.4, -0.2) is 24.7 Å². The van der Waals surface area contributed by atoms with Crippen LogP contribution >= 0.6 is 0 Å². The van der Waals surface area contributed by atoms with E-state index in [2.05, 4.69) is 10.9 Å². The molecular weight excluding hydrogens is 360 g/mol. The van der Waals surface area contributed by atoms with E-state index in [9.17, 15) is 14.4 Å². The molecule has 0 radical (unpaired) electrons. The number of amides is 2. The highest BCUT2D eigenvalue weighted by atomic mass is 16.5. The molecule has 1 aliphatic carbocycles. The van der Waals surface area contributed by atoms with E-state index in [-0.39, 0.29) is 23.4 Å². The van der Waals surface area contributed by atoms with Gasteiger partial charge in [-0.1, -0.05) is 32.0 Å². The molecule has 1 heterocycles. The number of hydrogen-bond acceptors (Lipinski definition) is 5. The van der Waals surface area contributed by atoms with Crippen molar-refractivity contribution in [3.05, 3.63) is 52.5 Å². The van der Waals surface area contributed by atoms with Crippen molar-refractivity contribution in [3.8, 4) is 5.75 Å². The highest BCUT2D eigenvalue weighted by Crippen LogP contribution is 2.38. The quantitative estimate of drug-likeness (QED) is 0.790. The molecule has 0 atom stereocenters. The summed E-state index contributed by atoms with van der Waals surface area (Å²) < 4.78 is 10.9. The monoisotopic (exact) mass is 384 g/mol. The van der Waals surface area contributed by atoms with Gasteiger partial charge in [0.2, 0.25) is 5.91 Å². The number of ketones is 1. The van der Waals surface area contributed by atoms with Crippen LogP contribution in [0.1, 0.15) is 58.1 Å². The predicted molar refractivity (Wildman–Crippen MR) is 102 cm³/mol. The zero-order chi connectivity index (χ0) is 20.5. The van der Waals surface area contributed by atoms with Gasteiger partial charge in [0.15, 0.2) is 11.5 Å². The van der Waals surface area contributed by atoms with E-state index in [0.717, 1.165) is 0 Å². The Morgan fingerprint density at radius 1 is 1.18 bits per heavy atom. The predicted octanol–water partition coefficient (Wildman–Crippen LogP) is 2.76. The molecule has 0 saturated carbocycles. The summed E-state index contributed by atoms with van der Waals surface area (Å²) in [6, 6.07) is 7.15. The molecule has 0 saturated heterocycles. The highest BCUT2D eigenvalue weighted by molar-refractivity contribution is 6.04. The molecule has 2 N–H and O–H groups in total. The Bertz CT molecular complexity index is 942. The molecule has 7 heteroatoms. The summed E-state index contributed by atoms with van der Waals surface area (Å²) in [5.41, 5.74) is 6.23. The fraction of sp³-hybridized carbons (Fsp3) is 0.381. The summed E-state index contributed by atoms with van der Waals surface area (Å²) in [7, 11) is 1.53. The molecule has 1 aromatic carbocycles. The van der Waals surface area contributed by atoms with E-state index >= 15 is 0 Å². The lowest BCUT2D eigenvalue weighted by Gasteiger charge is -2.27. The number of fused-ring (bicyclic) bond motifs is 1. The zero-order valence-corrected chi connectivity index (χ0v) is 16.5. The van der Waals surface area contributed by atoms with E-state index < -0.39 is 11.8 Å². The van der Waals surface area contributed by atoms with Gasteiger partial charge in [-0.05, 0) is 18.4 Å². The summed E-state index contributed by atoms with van der Waals surface area (Å²) in [6.45, 7) is 5.66. The first-order valence-corrected chi connectivity index (χ1v) is 9.08. The number of carbonyl (C=O) groups is 3. The second kappa shape index (κ2) is 7.50. The lowest BCUT2D eigenvalue weighted by atomic mass is 9.76. The van der Waals surface area contributed by atoms with Gasteiger partial charge in [-0.2, -0.15) is 0 Å². The van der Waals surface area contributed by atoms with Crippen molar-refractivity contribution in [1.82, 2.24) is 10.9 Å². The number of Topliss-reactive ketones (excluding diaryl/α,β-unsaturated/α-hetero) is 1.